The second-order valence-electron chi connectivity index (χ2n) is 17.1. The van der Waals surface area contributed by atoms with Crippen molar-refractivity contribution < 1.29 is 14.3 Å². The van der Waals surface area contributed by atoms with Gasteiger partial charge in [0.1, 0.15) is 17.1 Å². The lowest BCUT2D eigenvalue weighted by Gasteiger charge is -2.27. The molecule has 0 N–H and O–H groups in total. The molecular formula is C54H61NO3. The zero-order chi connectivity index (χ0) is 41.5. The third-order valence-corrected chi connectivity index (χ3v) is 11.8. The Bertz CT molecular complexity index is 2280. The zero-order valence-corrected chi connectivity index (χ0v) is 36.1. The summed E-state index contributed by atoms with van der Waals surface area (Å²) in [7, 11) is 0. The Kier molecular flexibility index (Phi) is 13.3. The molecule has 0 saturated heterocycles. The van der Waals surface area contributed by atoms with Crippen molar-refractivity contribution in [1.29, 1.82) is 0 Å². The van der Waals surface area contributed by atoms with E-state index < -0.39 is 5.41 Å². The molecule has 0 spiro atoms. The van der Waals surface area contributed by atoms with Crippen molar-refractivity contribution in [3.8, 4) is 22.6 Å². The summed E-state index contributed by atoms with van der Waals surface area (Å²) in [6.45, 7) is 18.8. The zero-order valence-electron chi connectivity index (χ0n) is 36.1. The fraction of sp³-hybridized carbons (Fsp3) is 0.315. The molecule has 6 aromatic rings. The number of esters is 1. The van der Waals surface area contributed by atoms with E-state index in [1.807, 2.05) is 32.9 Å². The van der Waals surface area contributed by atoms with Crippen molar-refractivity contribution in [2.75, 3.05) is 4.90 Å². The third-order valence-electron chi connectivity index (χ3n) is 11.8. The van der Waals surface area contributed by atoms with Gasteiger partial charge in [0.15, 0.2) is 0 Å². The molecule has 0 aliphatic carbocycles. The molecule has 0 fully saturated rings. The number of rotatable bonds is 16. The van der Waals surface area contributed by atoms with Gasteiger partial charge >= 0.3 is 5.97 Å². The van der Waals surface area contributed by atoms with Crippen LogP contribution in [0.25, 0.3) is 11.1 Å². The molecular weight excluding hydrogens is 711 g/mol. The Morgan fingerprint density at radius 2 is 0.966 bits per heavy atom. The van der Waals surface area contributed by atoms with Crippen LogP contribution in [-0.4, -0.2) is 11.6 Å². The van der Waals surface area contributed by atoms with Gasteiger partial charge in [-0.2, -0.15) is 0 Å². The van der Waals surface area contributed by atoms with Crippen molar-refractivity contribution in [3.63, 3.8) is 0 Å². The van der Waals surface area contributed by atoms with E-state index in [0.717, 1.165) is 61.3 Å². The minimum Gasteiger partial charge on any atom is -0.488 e. The first kappa shape index (κ1) is 42.0. The van der Waals surface area contributed by atoms with Crippen LogP contribution in [0.4, 0.5) is 17.1 Å². The molecule has 58 heavy (non-hydrogen) atoms. The van der Waals surface area contributed by atoms with Gasteiger partial charge in [0.2, 0.25) is 0 Å². The molecule has 0 aliphatic rings. The molecule has 6 rings (SSSR count). The number of carbonyl (C=O) groups excluding carboxylic acids is 1. The molecule has 0 amide bonds. The van der Waals surface area contributed by atoms with Crippen LogP contribution < -0.4 is 14.4 Å². The number of hydrogen-bond donors (Lipinski definition) is 0. The van der Waals surface area contributed by atoms with Crippen LogP contribution in [0.1, 0.15) is 93.3 Å². The number of carbonyl (C=O) groups is 1. The molecule has 0 bridgehead atoms. The van der Waals surface area contributed by atoms with Crippen molar-refractivity contribution in [3.05, 3.63) is 172 Å². The maximum absolute atomic E-state index is 12.6. The SMILES string of the molecule is CCC(C)(C)Oc1ccc(CCc2ccc(N(c3ccc(-c4ccc(C)cc4)cc3)c3ccc(CCc4ccc(OC(=O)C(C)(C)CC)cc4)c(C)c3)cc2C)cc1. The summed E-state index contributed by atoms with van der Waals surface area (Å²) in [5, 5.41) is 0. The van der Waals surface area contributed by atoms with E-state index in [1.54, 1.807) is 0 Å². The van der Waals surface area contributed by atoms with E-state index in [1.165, 1.54) is 50.1 Å². The molecule has 300 valence electrons. The van der Waals surface area contributed by atoms with Crippen LogP contribution in [0.15, 0.2) is 133 Å². The largest absolute Gasteiger partial charge is 0.488 e. The van der Waals surface area contributed by atoms with E-state index in [0.29, 0.717) is 5.75 Å². The van der Waals surface area contributed by atoms with Gasteiger partial charge in [0.05, 0.1) is 5.41 Å². The lowest BCUT2D eigenvalue weighted by molar-refractivity contribution is -0.144. The molecule has 0 aromatic heterocycles. The fourth-order valence-corrected chi connectivity index (χ4v) is 6.98. The number of nitrogens with zero attached hydrogens (tertiary/aromatic N) is 1. The Hall–Kier alpha value is -5.61. The van der Waals surface area contributed by atoms with E-state index in [-0.39, 0.29) is 11.6 Å². The quantitative estimate of drug-likeness (QED) is 0.0726. The van der Waals surface area contributed by atoms with E-state index in [9.17, 15) is 4.79 Å². The number of aryl methyl sites for hydroxylation is 7. The van der Waals surface area contributed by atoms with E-state index in [2.05, 4.69) is 168 Å². The number of hydrogen-bond acceptors (Lipinski definition) is 4. The minimum atomic E-state index is -0.499. The average molecular weight is 772 g/mol. The second-order valence-corrected chi connectivity index (χ2v) is 17.1. The van der Waals surface area contributed by atoms with Crippen molar-refractivity contribution >= 4 is 23.0 Å². The number of ether oxygens (including phenoxy) is 2. The Balaban J connectivity index is 1.21. The molecule has 0 saturated carbocycles. The van der Waals surface area contributed by atoms with Crippen LogP contribution in [0, 0.1) is 26.2 Å². The Morgan fingerprint density at radius 1 is 0.517 bits per heavy atom. The van der Waals surface area contributed by atoms with Gasteiger partial charge in [0.25, 0.3) is 0 Å². The standard InChI is InChI=1S/C54H61NO3/c1-10-53(6,7)52(56)57-50-32-16-41(17-33-50)14-22-43-24-30-48(36-39(43)4)55(47-28-26-46(27-29-47)45-20-12-38(3)13-21-45)49-31-25-44(40(5)37-49)23-15-42-18-34-51(35-19-42)58-54(8,9)11-2/h12-13,16-21,24-37H,10-11,14-15,22-23H2,1-9H3. The van der Waals surface area contributed by atoms with Crippen LogP contribution in [0.2, 0.25) is 0 Å². The highest BCUT2D eigenvalue weighted by Gasteiger charge is 2.27. The summed E-state index contributed by atoms with van der Waals surface area (Å²) in [6, 6.07) is 48.0. The maximum atomic E-state index is 12.6. The van der Waals surface area contributed by atoms with E-state index in [4.69, 9.17) is 9.47 Å². The summed E-state index contributed by atoms with van der Waals surface area (Å²) < 4.78 is 11.8. The Labute approximate surface area is 347 Å². The third kappa shape index (κ3) is 10.7. The smallest absolute Gasteiger partial charge is 0.316 e. The molecule has 4 nitrogen and oxygen atoms in total. The monoisotopic (exact) mass is 771 g/mol. The lowest BCUT2D eigenvalue weighted by Crippen LogP contribution is -2.28. The second kappa shape index (κ2) is 18.3. The van der Waals surface area contributed by atoms with Gasteiger partial charge in [-0.3, -0.25) is 4.79 Å². The summed E-state index contributed by atoms with van der Waals surface area (Å²) in [6.07, 6.45) is 5.45. The normalized spacial score (nSPS) is 11.7. The van der Waals surface area contributed by atoms with Crippen LogP contribution >= 0.6 is 0 Å². The summed E-state index contributed by atoms with van der Waals surface area (Å²) in [5.74, 6) is 1.33. The number of benzene rings is 6. The first-order valence-corrected chi connectivity index (χ1v) is 21.0. The van der Waals surface area contributed by atoms with Gasteiger partial charge in [-0.05, 0) is 192 Å². The lowest BCUT2D eigenvalue weighted by atomic mass is 9.91. The minimum absolute atomic E-state index is 0.168. The fourth-order valence-electron chi connectivity index (χ4n) is 6.98. The average Bonchev–Trinajstić information content (AvgIpc) is 3.22. The van der Waals surface area contributed by atoms with Gasteiger partial charge in [-0.1, -0.05) is 92.2 Å². The predicted octanol–water partition coefficient (Wildman–Crippen LogP) is 14.2. The highest BCUT2D eigenvalue weighted by Crippen LogP contribution is 2.38. The van der Waals surface area contributed by atoms with Crippen molar-refractivity contribution in [2.45, 2.75) is 106 Å². The molecule has 0 unspecified atom stereocenters. The molecule has 0 radical (unpaired) electrons. The number of anilines is 3. The topological polar surface area (TPSA) is 38.8 Å². The first-order valence-electron chi connectivity index (χ1n) is 21.0. The molecule has 6 aromatic carbocycles. The van der Waals surface area contributed by atoms with E-state index >= 15 is 0 Å². The van der Waals surface area contributed by atoms with Gasteiger partial charge < -0.3 is 14.4 Å². The van der Waals surface area contributed by atoms with Crippen molar-refractivity contribution in [1.82, 2.24) is 0 Å². The molecule has 0 heterocycles. The van der Waals surface area contributed by atoms with Crippen LogP contribution in [0.5, 0.6) is 11.5 Å². The van der Waals surface area contributed by atoms with Crippen LogP contribution in [0.3, 0.4) is 0 Å². The summed E-state index contributed by atoms with van der Waals surface area (Å²) >= 11 is 0. The predicted molar refractivity (Wildman–Crippen MR) is 243 cm³/mol. The van der Waals surface area contributed by atoms with Gasteiger partial charge in [0, 0.05) is 17.1 Å². The first-order chi connectivity index (χ1) is 27.7. The summed E-state index contributed by atoms with van der Waals surface area (Å²) in [5.41, 5.74) is 14.1. The molecule has 0 atom stereocenters. The van der Waals surface area contributed by atoms with Crippen molar-refractivity contribution in [2.24, 2.45) is 5.41 Å². The van der Waals surface area contributed by atoms with Crippen LogP contribution in [-0.2, 0) is 30.5 Å². The Morgan fingerprint density at radius 3 is 1.41 bits per heavy atom. The van der Waals surface area contributed by atoms with Gasteiger partial charge in [-0.25, -0.2) is 0 Å². The molecule has 4 heteroatoms. The van der Waals surface area contributed by atoms with Gasteiger partial charge in [-0.15, -0.1) is 0 Å². The maximum Gasteiger partial charge on any atom is 0.316 e. The highest BCUT2D eigenvalue weighted by molar-refractivity contribution is 5.80. The molecule has 0 aliphatic heterocycles. The summed E-state index contributed by atoms with van der Waals surface area (Å²) in [4.78, 5) is 14.9. The highest BCUT2D eigenvalue weighted by atomic mass is 16.5.